The van der Waals surface area contributed by atoms with E-state index in [4.69, 9.17) is 5.73 Å². The van der Waals surface area contributed by atoms with Gasteiger partial charge in [-0.25, -0.2) is 14.6 Å². The molecule has 0 spiro atoms. The number of nitrogens with two attached hydrogens (primary N) is 1. The van der Waals surface area contributed by atoms with Crippen LogP contribution in [0, 0.1) is 11.7 Å². The number of hydrogen-bond acceptors (Lipinski definition) is 3. The van der Waals surface area contributed by atoms with Gasteiger partial charge in [-0.3, -0.25) is 15.0 Å². The highest BCUT2D eigenvalue weighted by atomic mass is 19.1. The van der Waals surface area contributed by atoms with Gasteiger partial charge >= 0.3 is 6.03 Å². The predicted molar refractivity (Wildman–Crippen MR) is 80.5 cm³/mol. The molecule has 1 aromatic carbocycles. The van der Waals surface area contributed by atoms with E-state index in [0.717, 1.165) is 0 Å². The van der Waals surface area contributed by atoms with Crippen LogP contribution in [0.25, 0.3) is 0 Å². The second-order valence-corrected chi connectivity index (χ2v) is 5.49. The average Bonchev–Trinajstić information content (AvgIpc) is 2.53. The van der Waals surface area contributed by atoms with Gasteiger partial charge in [-0.15, -0.1) is 0 Å². The summed E-state index contributed by atoms with van der Waals surface area (Å²) < 4.78 is 12.8. The summed E-state index contributed by atoms with van der Waals surface area (Å²) in [5.41, 5.74) is 10.0. The van der Waals surface area contributed by atoms with Crippen molar-refractivity contribution in [2.24, 2.45) is 11.7 Å². The molecule has 1 aromatic rings. The molecule has 0 atom stereocenters. The van der Waals surface area contributed by atoms with Crippen LogP contribution in [-0.4, -0.2) is 35.8 Å². The molecule has 1 aliphatic rings. The summed E-state index contributed by atoms with van der Waals surface area (Å²) in [5, 5.41) is 0. The number of carbonyl (C=O) groups excluding carboxylic acids is 3. The number of amides is 4. The van der Waals surface area contributed by atoms with E-state index in [9.17, 15) is 18.8 Å². The van der Waals surface area contributed by atoms with Crippen LogP contribution < -0.4 is 16.6 Å². The Hall–Kier alpha value is -2.64. The van der Waals surface area contributed by atoms with Gasteiger partial charge in [-0.1, -0.05) is 0 Å². The van der Waals surface area contributed by atoms with Crippen LogP contribution >= 0.6 is 0 Å². The van der Waals surface area contributed by atoms with E-state index >= 15 is 0 Å². The van der Waals surface area contributed by atoms with Crippen molar-refractivity contribution in [3.63, 3.8) is 0 Å². The average molecular weight is 322 g/mol. The van der Waals surface area contributed by atoms with E-state index in [1.54, 1.807) is 4.90 Å². The lowest BCUT2D eigenvalue weighted by molar-refractivity contribution is -0.119. The molecule has 0 bridgehead atoms. The van der Waals surface area contributed by atoms with Gasteiger partial charge < -0.3 is 10.6 Å². The minimum Gasteiger partial charge on any atom is -0.370 e. The molecule has 4 amide bonds. The van der Waals surface area contributed by atoms with E-state index in [2.05, 4.69) is 10.9 Å². The van der Waals surface area contributed by atoms with Gasteiger partial charge in [0.15, 0.2) is 0 Å². The Kier molecular flexibility index (Phi) is 5.51. The third-order valence-electron chi connectivity index (χ3n) is 3.78. The van der Waals surface area contributed by atoms with Crippen molar-refractivity contribution < 1.29 is 18.8 Å². The molecule has 23 heavy (non-hydrogen) atoms. The normalized spacial score (nSPS) is 15.1. The number of carbonyl (C=O) groups is 3. The summed E-state index contributed by atoms with van der Waals surface area (Å²) in [6, 6.07) is 4.57. The second-order valence-electron chi connectivity index (χ2n) is 5.49. The molecule has 8 heteroatoms. The number of nitrogens with zero attached hydrogens (tertiary/aromatic N) is 1. The Labute approximate surface area is 133 Å². The molecule has 124 valence electrons. The van der Waals surface area contributed by atoms with Crippen LogP contribution in [-0.2, 0) is 4.79 Å². The zero-order valence-electron chi connectivity index (χ0n) is 12.5. The van der Waals surface area contributed by atoms with Gasteiger partial charge in [-0.05, 0) is 43.0 Å². The summed E-state index contributed by atoms with van der Waals surface area (Å²) in [5.74, 6) is -1.10. The minimum absolute atomic E-state index is 0.199. The van der Waals surface area contributed by atoms with Crippen molar-refractivity contribution in [2.45, 2.75) is 19.3 Å². The first-order valence-electron chi connectivity index (χ1n) is 7.35. The van der Waals surface area contributed by atoms with Crippen molar-refractivity contribution >= 4 is 17.8 Å². The molecule has 0 aliphatic carbocycles. The number of piperidine rings is 1. The van der Waals surface area contributed by atoms with Crippen LogP contribution in [0.4, 0.5) is 9.18 Å². The van der Waals surface area contributed by atoms with Crippen molar-refractivity contribution in [2.75, 3.05) is 13.1 Å². The Morgan fingerprint density at radius 3 is 2.30 bits per heavy atom. The fourth-order valence-corrected chi connectivity index (χ4v) is 2.49. The molecule has 4 N–H and O–H groups in total. The SMILES string of the molecule is NC(=O)CC1CCN(C(=O)NNC(=O)c2ccc(F)cc2)CC1. The number of primary amides is 1. The highest BCUT2D eigenvalue weighted by Crippen LogP contribution is 2.19. The predicted octanol–water partition coefficient (Wildman–Crippen LogP) is 0.767. The third kappa shape index (κ3) is 4.94. The molecular weight excluding hydrogens is 303 g/mol. The molecule has 1 aliphatic heterocycles. The smallest absolute Gasteiger partial charge is 0.336 e. The fraction of sp³-hybridized carbons (Fsp3) is 0.400. The topological polar surface area (TPSA) is 105 Å². The molecule has 0 unspecified atom stereocenters. The fourth-order valence-electron chi connectivity index (χ4n) is 2.49. The first-order valence-corrected chi connectivity index (χ1v) is 7.35. The monoisotopic (exact) mass is 322 g/mol. The standard InChI is InChI=1S/C15H19FN4O3/c16-12-3-1-11(2-4-12)14(22)18-19-15(23)20-7-5-10(6-8-20)9-13(17)21/h1-4,10H,5-9H2,(H2,17,21)(H,18,22)(H,19,23). The Bertz CT molecular complexity index is 583. The number of nitrogens with one attached hydrogen (secondary N) is 2. The number of hydrazine groups is 1. The van der Waals surface area contributed by atoms with E-state index in [0.29, 0.717) is 32.4 Å². The molecule has 7 nitrogen and oxygen atoms in total. The first-order chi connectivity index (χ1) is 11.0. The maximum atomic E-state index is 12.8. The van der Waals surface area contributed by atoms with Crippen molar-refractivity contribution in [1.29, 1.82) is 0 Å². The maximum absolute atomic E-state index is 12.8. The van der Waals surface area contributed by atoms with Crippen LogP contribution in [0.1, 0.15) is 29.6 Å². The molecule has 1 heterocycles. The maximum Gasteiger partial charge on any atom is 0.336 e. The van der Waals surface area contributed by atoms with Gasteiger partial charge in [0.05, 0.1) is 0 Å². The number of rotatable bonds is 3. The number of urea groups is 1. The van der Waals surface area contributed by atoms with Crippen LogP contribution in [0.15, 0.2) is 24.3 Å². The van der Waals surface area contributed by atoms with Crippen molar-refractivity contribution in [3.05, 3.63) is 35.6 Å². The summed E-state index contributed by atoms with van der Waals surface area (Å²) in [6.45, 7) is 0.992. The van der Waals surface area contributed by atoms with Gasteiger partial charge in [0.1, 0.15) is 5.82 Å². The molecular formula is C15H19FN4O3. The zero-order chi connectivity index (χ0) is 16.8. The highest BCUT2D eigenvalue weighted by Gasteiger charge is 2.24. The summed E-state index contributed by atoms with van der Waals surface area (Å²) >= 11 is 0. The lowest BCUT2D eigenvalue weighted by Crippen LogP contribution is -2.51. The van der Waals surface area contributed by atoms with Crippen LogP contribution in [0.5, 0.6) is 0 Å². The number of likely N-dealkylation sites (tertiary alicyclic amines) is 1. The minimum atomic E-state index is -0.526. The zero-order valence-corrected chi connectivity index (χ0v) is 12.5. The van der Waals surface area contributed by atoms with E-state index in [1.165, 1.54) is 24.3 Å². The number of benzene rings is 1. The van der Waals surface area contributed by atoms with Gasteiger partial charge in [0.2, 0.25) is 5.91 Å². The second kappa shape index (κ2) is 7.57. The summed E-state index contributed by atoms with van der Waals surface area (Å²) in [4.78, 5) is 36.2. The Morgan fingerprint density at radius 1 is 1.13 bits per heavy atom. The molecule has 0 radical (unpaired) electrons. The van der Waals surface area contributed by atoms with E-state index in [-0.39, 0.29) is 17.4 Å². The van der Waals surface area contributed by atoms with Gasteiger partial charge in [0, 0.05) is 25.1 Å². The Morgan fingerprint density at radius 2 is 1.74 bits per heavy atom. The van der Waals surface area contributed by atoms with Crippen LogP contribution in [0.3, 0.4) is 0 Å². The van der Waals surface area contributed by atoms with Crippen molar-refractivity contribution in [3.8, 4) is 0 Å². The summed E-state index contributed by atoms with van der Waals surface area (Å²) in [6.07, 6.45) is 1.72. The lowest BCUT2D eigenvalue weighted by atomic mass is 9.93. The van der Waals surface area contributed by atoms with Gasteiger partial charge in [-0.2, -0.15) is 0 Å². The van der Waals surface area contributed by atoms with E-state index < -0.39 is 17.8 Å². The molecule has 1 saturated heterocycles. The largest absolute Gasteiger partial charge is 0.370 e. The Balaban J connectivity index is 1.76. The molecule has 0 aromatic heterocycles. The van der Waals surface area contributed by atoms with Crippen molar-refractivity contribution in [1.82, 2.24) is 15.8 Å². The number of hydrogen-bond donors (Lipinski definition) is 3. The van der Waals surface area contributed by atoms with E-state index in [1.807, 2.05) is 0 Å². The molecule has 0 saturated carbocycles. The highest BCUT2D eigenvalue weighted by molar-refractivity contribution is 5.95. The number of halogens is 1. The lowest BCUT2D eigenvalue weighted by Gasteiger charge is -2.31. The van der Waals surface area contributed by atoms with Gasteiger partial charge in [0.25, 0.3) is 5.91 Å². The summed E-state index contributed by atoms with van der Waals surface area (Å²) in [7, 11) is 0. The van der Waals surface area contributed by atoms with Crippen LogP contribution in [0.2, 0.25) is 0 Å². The third-order valence-corrected chi connectivity index (χ3v) is 3.78. The molecule has 1 fully saturated rings. The first kappa shape index (κ1) is 16.7. The quantitative estimate of drug-likeness (QED) is 0.716. The molecule has 2 rings (SSSR count).